The van der Waals surface area contributed by atoms with Gasteiger partial charge in [0.05, 0.1) is 6.10 Å². The van der Waals surface area contributed by atoms with Crippen LogP contribution < -0.4 is 0 Å². The number of ketones is 1. The van der Waals surface area contributed by atoms with Crippen LogP contribution in [0.2, 0.25) is 0 Å². The second kappa shape index (κ2) is 26.0. The molecule has 0 aromatic heterocycles. The fourth-order valence-corrected chi connectivity index (χ4v) is 4.63. The van der Waals surface area contributed by atoms with Crippen LogP contribution in [0.3, 0.4) is 0 Å². The van der Waals surface area contributed by atoms with Crippen molar-refractivity contribution >= 4 is 5.78 Å². The molecular formula is C31H60O2. The van der Waals surface area contributed by atoms with Gasteiger partial charge in [-0.3, -0.25) is 4.79 Å². The van der Waals surface area contributed by atoms with E-state index in [1.54, 1.807) is 5.57 Å². The van der Waals surface area contributed by atoms with Gasteiger partial charge in [-0.25, -0.2) is 0 Å². The third kappa shape index (κ3) is 25.8. The molecule has 0 radical (unpaired) electrons. The molecule has 0 saturated carbocycles. The molecule has 1 unspecified atom stereocenters. The molecule has 0 spiro atoms. The summed E-state index contributed by atoms with van der Waals surface area (Å²) in [4.78, 5) is 11.5. The molecule has 0 amide bonds. The van der Waals surface area contributed by atoms with Gasteiger partial charge in [-0.15, -0.1) is 0 Å². The highest BCUT2D eigenvalue weighted by molar-refractivity contribution is 5.78. The minimum Gasteiger partial charge on any atom is -0.393 e. The largest absolute Gasteiger partial charge is 0.393 e. The molecule has 33 heavy (non-hydrogen) atoms. The fraction of sp³-hybridized carbons (Fsp3) is 0.903. The van der Waals surface area contributed by atoms with E-state index < -0.39 is 0 Å². The molecule has 1 atom stereocenters. The Hall–Kier alpha value is -0.630. The molecule has 0 saturated heterocycles. The molecule has 0 aliphatic carbocycles. The monoisotopic (exact) mass is 464 g/mol. The van der Waals surface area contributed by atoms with Crippen LogP contribution >= 0.6 is 0 Å². The molecule has 0 aliphatic heterocycles. The molecule has 0 aromatic rings. The van der Waals surface area contributed by atoms with Gasteiger partial charge in [-0.1, -0.05) is 128 Å². The van der Waals surface area contributed by atoms with Gasteiger partial charge in [-0.2, -0.15) is 0 Å². The summed E-state index contributed by atoms with van der Waals surface area (Å²) in [5, 5.41) is 9.98. The van der Waals surface area contributed by atoms with Crippen LogP contribution in [-0.2, 0) is 4.79 Å². The number of Topliss-reactive ketones (excluding diaryl/α,β-unsaturated/α-hetero) is 1. The predicted molar refractivity (Wildman–Crippen MR) is 147 cm³/mol. The first-order valence-electron chi connectivity index (χ1n) is 15.0. The van der Waals surface area contributed by atoms with Crippen LogP contribution in [0.4, 0.5) is 0 Å². The van der Waals surface area contributed by atoms with E-state index in [9.17, 15) is 9.90 Å². The van der Waals surface area contributed by atoms with Crippen LogP contribution in [0.15, 0.2) is 11.6 Å². The number of carbonyl (C=O) groups is 1. The molecule has 0 fully saturated rings. The van der Waals surface area contributed by atoms with Gasteiger partial charge in [0.2, 0.25) is 0 Å². The Morgan fingerprint density at radius 2 is 1.06 bits per heavy atom. The number of hydrogen-bond donors (Lipinski definition) is 1. The van der Waals surface area contributed by atoms with E-state index >= 15 is 0 Å². The van der Waals surface area contributed by atoms with Crippen LogP contribution in [0, 0.1) is 0 Å². The average molecular weight is 465 g/mol. The van der Waals surface area contributed by atoms with Crippen LogP contribution in [0.5, 0.6) is 0 Å². The molecule has 0 aromatic carbocycles. The maximum Gasteiger partial charge on any atom is 0.132 e. The van der Waals surface area contributed by atoms with E-state index in [0.29, 0.717) is 25.0 Å². The quantitative estimate of drug-likeness (QED) is 0.102. The SMILES string of the molecule is CCCC=C(C)CCCCCCCCCCCCCCCCCCC(O)CCC(=O)CCC. The van der Waals surface area contributed by atoms with Crippen LogP contribution in [0.25, 0.3) is 0 Å². The summed E-state index contributed by atoms with van der Waals surface area (Å²) in [6.07, 6.45) is 31.7. The number of unbranched alkanes of at least 4 members (excludes halogenated alkanes) is 16. The van der Waals surface area contributed by atoms with E-state index in [-0.39, 0.29) is 6.10 Å². The van der Waals surface area contributed by atoms with E-state index in [1.165, 1.54) is 116 Å². The molecule has 2 nitrogen and oxygen atoms in total. The van der Waals surface area contributed by atoms with Gasteiger partial charge in [-0.05, 0) is 45.4 Å². The first-order valence-corrected chi connectivity index (χ1v) is 15.0. The average Bonchev–Trinajstić information content (AvgIpc) is 2.80. The lowest BCUT2D eigenvalue weighted by molar-refractivity contribution is -0.119. The van der Waals surface area contributed by atoms with Crippen molar-refractivity contribution in [1.82, 2.24) is 0 Å². The number of allylic oxidation sites excluding steroid dienone is 2. The van der Waals surface area contributed by atoms with Crippen LogP contribution in [-0.4, -0.2) is 17.0 Å². The molecule has 0 aliphatic rings. The lowest BCUT2D eigenvalue weighted by Gasteiger charge is -2.09. The minimum atomic E-state index is -0.271. The second-order valence-electron chi connectivity index (χ2n) is 10.5. The summed E-state index contributed by atoms with van der Waals surface area (Å²) in [5.41, 5.74) is 1.60. The zero-order valence-corrected chi connectivity index (χ0v) is 23.0. The zero-order valence-electron chi connectivity index (χ0n) is 23.0. The van der Waals surface area contributed by atoms with Crippen molar-refractivity contribution in [3.05, 3.63) is 11.6 Å². The highest BCUT2D eigenvalue weighted by atomic mass is 16.3. The van der Waals surface area contributed by atoms with Gasteiger partial charge in [0.25, 0.3) is 0 Å². The summed E-state index contributed by atoms with van der Waals surface area (Å²) in [6, 6.07) is 0. The lowest BCUT2D eigenvalue weighted by atomic mass is 10.0. The third-order valence-electron chi connectivity index (χ3n) is 6.93. The van der Waals surface area contributed by atoms with E-state index in [0.717, 1.165) is 19.3 Å². The van der Waals surface area contributed by atoms with Crippen molar-refractivity contribution in [3.63, 3.8) is 0 Å². The number of aliphatic hydroxyl groups is 1. The molecule has 0 heterocycles. The van der Waals surface area contributed by atoms with Crippen molar-refractivity contribution in [2.45, 2.75) is 181 Å². The van der Waals surface area contributed by atoms with Gasteiger partial charge >= 0.3 is 0 Å². The standard InChI is InChI=1S/C31H60O2/c1-4-6-24-29(3)25-21-19-17-15-13-11-9-7-8-10-12-14-16-18-20-22-26-31(33)28-27-30(32)23-5-2/h24,31,33H,4-23,25-28H2,1-3H3. The molecule has 1 N–H and O–H groups in total. The Balaban J connectivity index is 3.20. The molecule has 2 heteroatoms. The normalized spacial score (nSPS) is 12.9. The van der Waals surface area contributed by atoms with Gasteiger partial charge < -0.3 is 5.11 Å². The van der Waals surface area contributed by atoms with Crippen molar-refractivity contribution in [1.29, 1.82) is 0 Å². The molecular weight excluding hydrogens is 404 g/mol. The zero-order chi connectivity index (χ0) is 24.4. The Morgan fingerprint density at radius 1 is 0.606 bits per heavy atom. The Morgan fingerprint density at radius 3 is 1.52 bits per heavy atom. The summed E-state index contributed by atoms with van der Waals surface area (Å²) >= 11 is 0. The van der Waals surface area contributed by atoms with E-state index in [1.807, 2.05) is 6.92 Å². The number of rotatable bonds is 26. The number of hydrogen-bond acceptors (Lipinski definition) is 2. The number of carbonyl (C=O) groups excluding carboxylic acids is 1. The Labute approximate surface area is 208 Å². The second-order valence-corrected chi connectivity index (χ2v) is 10.5. The Kier molecular flexibility index (Phi) is 25.5. The van der Waals surface area contributed by atoms with Crippen molar-refractivity contribution in [3.8, 4) is 0 Å². The summed E-state index contributed by atoms with van der Waals surface area (Å²) in [5.74, 6) is 0.309. The van der Waals surface area contributed by atoms with Crippen molar-refractivity contribution in [2.24, 2.45) is 0 Å². The smallest absolute Gasteiger partial charge is 0.132 e. The fourth-order valence-electron chi connectivity index (χ4n) is 4.63. The van der Waals surface area contributed by atoms with Crippen molar-refractivity contribution < 1.29 is 9.90 Å². The molecule has 196 valence electrons. The summed E-state index contributed by atoms with van der Waals surface area (Å²) < 4.78 is 0. The highest BCUT2D eigenvalue weighted by Crippen LogP contribution is 2.16. The first-order chi connectivity index (χ1) is 16.1. The topological polar surface area (TPSA) is 37.3 Å². The molecule has 0 bridgehead atoms. The van der Waals surface area contributed by atoms with E-state index in [4.69, 9.17) is 0 Å². The Bertz CT molecular complexity index is 440. The third-order valence-corrected chi connectivity index (χ3v) is 6.93. The van der Waals surface area contributed by atoms with E-state index in [2.05, 4.69) is 19.9 Å². The summed E-state index contributed by atoms with van der Waals surface area (Å²) in [7, 11) is 0. The van der Waals surface area contributed by atoms with Crippen LogP contribution in [0.1, 0.15) is 175 Å². The van der Waals surface area contributed by atoms with Gasteiger partial charge in [0.15, 0.2) is 0 Å². The number of aliphatic hydroxyl groups excluding tert-OH is 1. The van der Waals surface area contributed by atoms with Gasteiger partial charge in [0.1, 0.15) is 5.78 Å². The van der Waals surface area contributed by atoms with Gasteiger partial charge in [0, 0.05) is 12.8 Å². The highest BCUT2D eigenvalue weighted by Gasteiger charge is 2.07. The first kappa shape index (κ1) is 32.4. The van der Waals surface area contributed by atoms with Crippen molar-refractivity contribution in [2.75, 3.05) is 0 Å². The minimum absolute atomic E-state index is 0.271. The molecule has 0 rings (SSSR count). The maximum atomic E-state index is 11.5. The maximum absolute atomic E-state index is 11.5. The lowest BCUT2D eigenvalue weighted by Crippen LogP contribution is -2.09. The predicted octanol–water partition coefficient (Wildman–Crippen LogP) is 10.3. The summed E-state index contributed by atoms with van der Waals surface area (Å²) in [6.45, 7) is 6.59.